The topological polar surface area (TPSA) is 65.8 Å². The van der Waals surface area contributed by atoms with Gasteiger partial charge in [0.1, 0.15) is 5.75 Å². The van der Waals surface area contributed by atoms with E-state index in [2.05, 4.69) is 10.1 Å². The van der Waals surface area contributed by atoms with E-state index in [1.807, 2.05) is 18.2 Å². The van der Waals surface area contributed by atoms with E-state index in [4.69, 9.17) is 0 Å². The summed E-state index contributed by atoms with van der Waals surface area (Å²) in [5.41, 5.74) is 2.30. The van der Waals surface area contributed by atoms with Crippen molar-refractivity contribution in [2.24, 2.45) is 5.10 Å². The van der Waals surface area contributed by atoms with Gasteiger partial charge in [0.2, 0.25) is 5.91 Å². The number of para-hydroxylation sites is 1. The van der Waals surface area contributed by atoms with Gasteiger partial charge in [-0.3, -0.25) is 9.78 Å². The highest BCUT2D eigenvalue weighted by Crippen LogP contribution is 2.34. The van der Waals surface area contributed by atoms with Gasteiger partial charge >= 0.3 is 0 Å². The summed E-state index contributed by atoms with van der Waals surface area (Å²) in [6.45, 7) is 1.49. The number of phenols is 1. The minimum absolute atomic E-state index is 0.130. The van der Waals surface area contributed by atoms with Gasteiger partial charge in [0.05, 0.1) is 11.8 Å². The number of carbonyl (C=O) groups excluding carboxylic acids is 1. The smallest absolute Gasteiger partial charge is 0.240 e. The van der Waals surface area contributed by atoms with Crippen molar-refractivity contribution < 1.29 is 9.90 Å². The van der Waals surface area contributed by atoms with Crippen molar-refractivity contribution in [1.29, 1.82) is 0 Å². The average molecular weight is 281 g/mol. The number of aromatic hydroxyl groups is 1. The lowest BCUT2D eigenvalue weighted by Crippen LogP contribution is -2.24. The molecular weight excluding hydrogens is 266 g/mol. The van der Waals surface area contributed by atoms with Crippen molar-refractivity contribution in [3.05, 3.63) is 59.9 Å². The van der Waals surface area contributed by atoms with Crippen LogP contribution in [0.3, 0.4) is 0 Å². The van der Waals surface area contributed by atoms with Crippen LogP contribution >= 0.6 is 0 Å². The van der Waals surface area contributed by atoms with Gasteiger partial charge < -0.3 is 5.11 Å². The fraction of sp³-hybridized carbons (Fsp3) is 0.188. The molecule has 1 unspecified atom stereocenters. The Labute approximate surface area is 122 Å². The molecule has 21 heavy (non-hydrogen) atoms. The Balaban J connectivity index is 1.98. The van der Waals surface area contributed by atoms with Crippen LogP contribution in [0, 0.1) is 0 Å². The summed E-state index contributed by atoms with van der Waals surface area (Å²) in [4.78, 5) is 15.9. The molecule has 1 aromatic heterocycles. The molecule has 2 heterocycles. The van der Waals surface area contributed by atoms with Gasteiger partial charge in [-0.25, -0.2) is 5.01 Å². The molecule has 1 amide bonds. The monoisotopic (exact) mass is 281 g/mol. The van der Waals surface area contributed by atoms with Gasteiger partial charge in [0.25, 0.3) is 0 Å². The van der Waals surface area contributed by atoms with Crippen molar-refractivity contribution >= 4 is 11.6 Å². The molecule has 0 bridgehead atoms. The summed E-state index contributed by atoms with van der Waals surface area (Å²) >= 11 is 0. The van der Waals surface area contributed by atoms with Crippen molar-refractivity contribution in [3.63, 3.8) is 0 Å². The van der Waals surface area contributed by atoms with Crippen LogP contribution in [0.25, 0.3) is 0 Å². The van der Waals surface area contributed by atoms with Crippen molar-refractivity contribution in [1.82, 2.24) is 9.99 Å². The molecule has 5 nitrogen and oxygen atoms in total. The maximum absolute atomic E-state index is 11.8. The van der Waals surface area contributed by atoms with E-state index in [9.17, 15) is 9.90 Å². The molecule has 0 saturated carbocycles. The number of pyridine rings is 1. The molecule has 1 N–H and O–H groups in total. The molecule has 0 saturated heterocycles. The van der Waals surface area contributed by atoms with E-state index < -0.39 is 0 Å². The van der Waals surface area contributed by atoms with E-state index in [1.165, 1.54) is 11.9 Å². The number of amides is 1. The van der Waals surface area contributed by atoms with Crippen LogP contribution in [0.5, 0.6) is 5.75 Å². The molecule has 0 spiro atoms. The van der Waals surface area contributed by atoms with Crippen LogP contribution in [0.15, 0.2) is 53.9 Å². The summed E-state index contributed by atoms with van der Waals surface area (Å²) in [7, 11) is 0. The number of aromatic nitrogens is 1. The van der Waals surface area contributed by atoms with Gasteiger partial charge in [0, 0.05) is 31.3 Å². The quantitative estimate of drug-likeness (QED) is 0.919. The Bertz CT molecular complexity index is 698. The van der Waals surface area contributed by atoms with Gasteiger partial charge in [-0.15, -0.1) is 0 Å². The molecule has 5 heteroatoms. The maximum atomic E-state index is 11.8. The Morgan fingerprint density at radius 2 is 2.10 bits per heavy atom. The molecule has 1 atom stereocenters. The first-order valence-electron chi connectivity index (χ1n) is 6.72. The standard InChI is InChI=1S/C16H15N3O2/c1-11(20)19-15(12-5-4-8-17-10-12)9-14(18-19)13-6-2-3-7-16(13)21/h2-8,10,15,21H,9H2,1H3. The van der Waals surface area contributed by atoms with Crippen molar-refractivity contribution in [3.8, 4) is 5.75 Å². The highest BCUT2D eigenvalue weighted by atomic mass is 16.3. The largest absolute Gasteiger partial charge is 0.507 e. The normalized spacial score (nSPS) is 17.7. The highest BCUT2D eigenvalue weighted by molar-refractivity contribution is 6.05. The number of rotatable bonds is 2. The number of hydrazone groups is 1. The van der Waals surface area contributed by atoms with Gasteiger partial charge in [-0.1, -0.05) is 18.2 Å². The zero-order valence-corrected chi connectivity index (χ0v) is 11.6. The summed E-state index contributed by atoms with van der Waals surface area (Å²) in [5, 5.41) is 15.8. The Kier molecular flexibility index (Phi) is 3.39. The summed E-state index contributed by atoms with van der Waals surface area (Å²) in [6, 6.07) is 10.6. The third-order valence-corrected chi connectivity index (χ3v) is 3.52. The molecule has 2 aromatic rings. The number of hydrogen-bond acceptors (Lipinski definition) is 4. The molecule has 0 radical (unpaired) electrons. The lowest BCUT2D eigenvalue weighted by Gasteiger charge is -2.19. The Morgan fingerprint density at radius 3 is 2.76 bits per heavy atom. The average Bonchev–Trinajstić information content (AvgIpc) is 2.94. The highest BCUT2D eigenvalue weighted by Gasteiger charge is 2.32. The van der Waals surface area contributed by atoms with Crippen molar-refractivity contribution in [2.75, 3.05) is 0 Å². The van der Waals surface area contributed by atoms with Gasteiger partial charge in [-0.05, 0) is 23.8 Å². The molecule has 106 valence electrons. The number of nitrogens with zero attached hydrogens (tertiary/aromatic N) is 3. The molecule has 3 rings (SSSR count). The van der Waals surface area contributed by atoms with E-state index >= 15 is 0 Å². The van der Waals surface area contributed by atoms with Crippen LogP contribution < -0.4 is 0 Å². The Hall–Kier alpha value is -2.69. The number of benzene rings is 1. The number of hydrogen-bond donors (Lipinski definition) is 1. The third-order valence-electron chi connectivity index (χ3n) is 3.52. The predicted molar refractivity (Wildman–Crippen MR) is 78.8 cm³/mol. The first-order chi connectivity index (χ1) is 10.2. The third kappa shape index (κ3) is 2.50. The molecule has 1 aromatic carbocycles. The molecule has 1 aliphatic heterocycles. The Morgan fingerprint density at radius 1 is 1.29 bits per heavy atom. The first kappa shape index (κ1) is 13.3. The molecular formula is C16H15N3O2. The first-order valence-corrected chi connectivity index (χ1v) is 6.72. The van der Waals surface area contributed by atoms with Crippen LogP contribution in [0.2, 0.25) is 0 Å². The van der Waals surface area contributed by atoms with E-state index in [0.717, 1.165) is 5.56 Å². The second-order valence-corrected chi connectivity index (χ2v) is 4.93. The maximum Gasteiger partial charge on any atom is 0.240 e. The summed E-state index contributed by atoms with van der Waals surface area (Å²) < 4.78 is 0. The van der Waals surface area contributed by atoms with Crippen LogP contribution in [-0.2, 0) is 4.79 Å². The van der Waals surface area contributed by atoms with Crippen molar-refractivity contribution in [2.45, 2.75) is 19.4 Å². The summed E-state index contributed by atoms with van der Waals surface area (Å²) in [6.07, 6.45) is 3.99. The predicted octanol–water partition coefficient (Wildman–Crippen LogP) is 2.48. The second kappa shape index (κ2) is 5.36. The molecule has 0 aliphatic carbocycles. The SMILES string of the molecule is CC(=O)N1N=C(c2ccccc2O)CC1c1cccnc1. The lowest BCUT2D eigenvalue weighted by molar-refractivity contribution is -0.130. The van der Waals surface area contributed by atoms with E-state index in [0.29, 0.717) is 17.7 Å². The van der Waals surface area contributed by atoms with Gasteiger partial charge in [-0.2, -0.15) is 5.10 Å². The molecule has 0 fully saturated rings. The number of carbonyl (C=O) groups is 1. The second-order valence-electron chi connectivity index (χ2n) is 4.93. The fourth-order valence-corrected chi connectivity index (χ4v) is 2.51. The molecule has 1 aliphatic rings. The van der Waals surface area contributed by atoms with Crippen LogP contribution in [0.1, 0.15) is 30.5 Å². The number of phenolic OH excluding ortho intramolecular Hbond substituents is 1. The zero-order chi connectivity index (χ0) is 14.8. The van der Waals surface area contributed by atoms with Crippen LogP contribution in [0.4, 0.5) is 0 Å². The minimum atomic E-state index is -0.175. The lowest BCUT2D eigenvalue weighted by atomic mass is 9.99. The fourth-order valence-electron chi connectivity index (χ4n) is 2.51. The minimum Gasteiger partial charge on any atom is -0.507 e. The van der Waals surface area contributed by atoms with Gasteiger partial charge in [0.15, 0.2) is 0 Å². The van der Waals surface area contributed by atoms with E-state index in [1.54, 1.807) is 30.6 Å². The summed E-state index contributed by atoms with van der Waals surface area (Å²) in [5.74, 6) is 0.0425. The van der Waals surface area contributed by atoms with Crippen LogP contribution in [-0.4, -0.2) is 26.7 Å². The van der Waals surface area contributed by atoms with E-state index in [-0.39, 0.29) is 17.7 Å². The zero-order valence-electron chi connectivity index (χ0n) is 11.6.